The lowest BCUT2D eigenvalue weighted by molar-refractivity contribution is -0.0325. The molecule has 2 aromatic carbocycles. The molecule has 0 amide bonds. The molecule has 32 heavy (non-hydrogen) atoms. The second-order valence-electron chi connectivity index (χ2n) is 10.6. The van der Waals surface area contributed by atoms with Gasteiger partial charge in [0.25, 0.3) is 0 Å². The lowest BCUT2D eigenvalue weighted by Gasteiger charge is -2.50. The van der Waals surface area contributed by atoms with E-state index in [0.717, 1.165) is 37.9 Å². The van der Waals surface area contributed by atoms with Crippen molar-refractivity contribution in [3.05, 3.63) is 64.7 Å². The minimum absolute atomic E-state index is 0.0268. The monoisotopic (exact) mass is 435 g/mol. The molecule has 0 bridgehead atoms. The van der Waals surface area contributed by atoms with E-state index in [0.29, 0.717) is 36.8 Å². The molecule has 2 saturated carbocycles. The Bertz CT molecular complexity index is 959. The number of hydrogen-bond donors (Lipinski definition) is 3. The zero-order valence-electron chi connectivity index (χ0n) is 19.2. The third kappa shape index (κ3) is 3.76. The van der Waals surface area contributed by atoms with E-state index in [2.05, 4.69) is 49.4 Å². The molecule has 0 heterocycles. The van der Waals surface area contributed by atoms with Gasteiger partial charge in [-0.1, -0.05) is 37.3 Å². The van der Waals surface area contributed by atoms with E-state index >= 15 is 0 Å². The van der Waals surface area contributed by atoms with Gasteiger partial charge in [0.15, 0.2) is 0 Å². The predicted molar refractivity (Wildman–Crippen MR) is 127 cm³/mol. The molecule has 0 spiro atoms. The second kappa shape index (κ2) is 8.81. The first-order valence-corrected chi connectivity index (χ1v) is 12.4. The molecular formula is C28H37NO3. The van der Waals surface area contributed by atoms with Gasteiger partial charge in [-0.2, -0.15) is 0 Å². The standard InChI is InChI=1S/C28H37NO3/c1-28-10-9-24-23-8-6-22(32-12-11-30)15-20(23)5-7-25(24)26(28)16-21(27(28)31)14-18-3-2-4-19(13-18)17-29/h2-4,6,8,13,15,21,24-27,30-31H,5,7,9-12,14,16-17,29H2,1H3. The lowest BCUT2D eigenvalue weighted by Crippen LogP contribution is -2.44. The Kier molecular flexibility index (Phi) is 6.04. The van der Waals surface area contributed by atoms with Crippen LogP contribution in [0.3, 0.4) is 0 Å². The average Bonchev–Trinajstić information content (AvgIpc) is 3.07. The van der Waals surface area contributed by atoms with Crippen LogP contribution in [-0.2, 0) is 19.4 Å². The van der Waals surface area contributed by atoms with Gasteiger partial charge in [0.2, 0.25) is 0 Å². The maximum atomic E-state index is 11.5. The van der Waals surface area contributed by atoms with Gasteiger partial charge in [-0.25, -0.2) is 0 Å². The van der Waals surface area contributed by atoms with Crippen LogP contribution < -0.4 is 10.5 Å². The summed E-state index contributed by atoms with van der Waals surface area (Å²) in [5.41, 5.74) is 11.3. The molecule has 0 radical (unpaired) electrons. The molecule has 172 valence electrons. The minimum Gasteiger partial charge on any atom is -0.491 e. The fourth-order valence-corrected chi connectivity index (χ4v) is 7.35. The summed E-state index contributed by atoms with van der Waals surface area (Å²) in [6.07, 6.45) is 6.38. The summed E-state index contributed by atoms with van der Waals surface area (Å²) >= 11 is 0. The molecule has 6 atom stereocenters. The van der Waals surface area contributed by atoms with Crippen molar-refractivity contribution in [2.24, 2.45) is 28.9 Å². The van der Waals surface area contributed by atoms with Crippen molar-refractivity contribution in [1.29, 1.82) is 0 Å². The maximum Gasteiger partial charge on any atom is 0.119 e. The fourth-order valence-electron chi connectivity index (χ4n) is 7.35. The Morgan fingerprint density at radius 2 is 1.97 bits per heavy atom. The maximum absolute atomic E-state index is 11.5. The Labute approximate surface area is 191 Å². The van der Waals surface area contributed by atoms with Crippen LogP contribution in [0.5, 0.6) is 5.75 Å². The third-order valence-corrected chi connectivity index (χ3v) is 8.90. The number of hydrogen-bond acceptors (Lipinski definition) is 4. The first-order valence-electron chi connectivity index (χ1n) is 12.4. The van der Waals surface area contributed by atoms with Crippen LogP contribution >= 0.6 is 0 Å². The molecule has 0 saturated heterocycles. The molecule has 0 aliphatic heterocycles. The van der Waals surface area contributed by atoms with Gasteiger partial charge in [-0.05, 0) is 102 Å². The number of ether oxygens (including phenoxy) is 1. The highest BCUT2D eigenvalue weighted by molar-refractivity contribution is 5.41. The van der Waals surface area contributed by atoms with Crippen molar-refractivity contribution >= 4 is 0 Å². The molecular weight excluding hydrogens is 398 g/mol. The van der Waals surface area contributed by atoms with Crippen molar-refractivity contribution in [3.8, 4) is 5.75 Å². The summed E-state index contributed by atoms with van der Waals surface area (Å²) in [5.74, 6) is 3.02. The van der Waals surface area contributed by atoms with Crippen LogP contribution in [0.25, 0.3) is 0 Å². The van der Waals surface area contributed by atoms with Crippen molar-refractivity contribution in [2.45, 2.75) is 64.0 Å². The Morgan fingerprint density at radius 3 is 2.78 bits per heavy atom. The largest absolute Gasteiger partial charge is 0.491 e. The van der Waals surface area contributed by atoms with Gasteiger partial charge in [0, 0.05) is 6.54 Å². The van der Waals surface area contributed by atoms with Crippen LogP contribution in [0.1, 0.15) is 60.8 Å². The highest BCUT2D eigenvalue weighted by atomic mass is 16.5. The molecule has 4 nitrogen and oxygen atoms in total. The third-order valence-electron chi connectivity index (χ3n) is 8.90. The first kappa shape index (κ1) is 21.9. The SMILES string of the molecule is CC12CCC3c4ccc(OCCO)cc4CCC3C1CC(Cc1cccc(CN)c1)C2O. The molecule has 4 N–H and O–H groups in total. The molecule has 3 aliphatic carbocycles. The average molecular weight is 436 g/mol. The molecule has 2 fully saturated rings. The van der Waals surface area contributed by atoms with Gasteiger partial charge in [0.05, 0.1) is 12.7 Å². The van der Waals surface area contributed by atoms with Crippen molar-refractivity contribution < 1.29 is 14.9 Å². The van der Waals surface area contributed by atoms with Gasteiger partial charge < -0.3 is 20.7 Å². The number of fused-ring (bicyclic) bond motifs is 5. The summed E-state index contributed by atoms with van der Waals surface area (Å²) in [6.45, 7) is 3.31. The van der Waals surface area contributed by atoms with Crippen molar-refractivity contribution in [2.75, 3.05) is 13.2 Å². The van der Waals surface area contributed by atoms with Gasteiger partial charge >= 0.3 is 0 Å². The zero-order valence-corrected chi connectivity index (χ0v) is 19.2. The van der Waals surface area contributed by atoms with Gasteiger partial charge in [-0.15, -0.1) is 0 Å². The Balaban J connectivity index is 1.36. The van der Waals surface area contributed by atoms with Crippen LogP contribution in [0.15, 0.2) is 42.5 Å². The summed E-state index contributed by atoms with van der Waals surface area (Å²) in [5, 5.41) is 20.5. The molecule has 2 aromatic rings. The summed E-state index contributed by atoms with van der Waals surface area (Å²) in [4.78, 5) is 0. The number of nitrogens with two attached hydrogens (primary N) is 1. The summed E-state index contributed by atoms with van der Waals surface area (Å²) in [7, 11) is 0. The zero-order chi connectivity index (χ0) is 22.3. The number of aliphatic hydroxyl groups excluding tert-OH is 2. The van der Waals surface area contributed by atoms with E-state index in [9.17, 15) is 5.11 Å². The quantitative estimate of drug-likeness (QED) is 0.636. The van der Waals surface area contributed by atoms with E-state index < -0.39 is 0 Å². The Hall–Kier alpha value is -1.88. The highest BCUT2D eigenvalue weighted by Crippen LogP contribution is 2.62. The van der Waals surface area contributed by atoms with E-state index in [-0.39, 0.29) is 18.1 Å². The Morgan fingerprint density at radius 1 is 1.12 bits per heavy atom. The second-order valence-corrected chi connectivity index (χ2v) is 10.6. The van der Waals surface area contributed by atoms with Crippen LogP contribution in [0, 0.1) is 23.2 Å². The smallest absolute Gasteiger partial charge is 0.119 e. The molecule has 4 heteroatoms. The highest BCUT2D eigenvalue weighted by Gasteiger charge is 2.57. The number of aryl methyl sites for hydroxylation is 1. The lowest BCUT2D eigenvalue weighted by atomic mass is 9.55. The van der Waals surface area contributed by atoms with Gasteiger partial charge in [0.1, 0.15) is 12.4 Å². The number of benzene rings is 2. The van der Waals surface area contributed by atoms with Crippen LogP contribution in [0.4, 0.5) is 0 Å². The predicted octanol–water partition coefficient (Wildman–Crippen LogP) is 4.20. The van der Waals surface area contributed by atoms with Gasteiger partial charge in [-0.3, -0.25) is 0 Å². The number of aliphatic hydroxyl groups is 2. The van der Waals surface area contributed by atoms with Crippen molar-refractivity contribution in [1.82, 2.24) is 0 Å². The molecule has 6 unspecified atom stereocenters. The van der Waals surface area contributed by atoms with E-state index in [1.807, 2.05) is 0 Å². The van der Waals surface area contributed by atoms with Crippen LogP contribution in [-0.4, -0.2) is 29.5 Å². The molecule has 0 aromatic heterocycles. The van der Waals surface area contributed by atoms with E-state index in [4.69, 9.17) is 15.6 Å². The topological polar surface area (TPSA) is 75.7 Å². The molecule has 5 rings (SSSR count). The fraction of sp³-hybridized carbons (Fsp3) is 0.571. The van der Waals surface area contributed by atoms with Crippen LogP contribution in [0.2, 0.25) is 0 Å². The summed E-state index contributed by atoms with van der Waals surface area (Å²) in [6, 6.07) is 15.1. The summed E-state index contributed by atoms with van der Waals surface area (Å²) < 4.78 is 5.65. The number of rotatable bonds is 6. The molecule has 3 aliphatic rings. The van der Waals surface area contributed by atoms with E-state index in [1.165, 1.54) is 28.7 Å². The van der Waals surface area contributed by atoms with E-state index in [1.54, 1.807) is 0 Å². The van der Waals surface area contributed by atoms with Crippen molar-refractivity contribution in [3.63, 3.8) is 0 Å². The first-order chi connectivity index (χ1) is 15.5. The normalized spacial score (nSPS) is 33.3. The minimum atomic E-state index is -0.231.